The van der Waals surface area contributed by atoms with Crippen molar-refractivity contribution >= 4 is 22.4 Å². The van der Waals surface area contributed by atoms with Crippen LogP contribution in [0, 0.1) is 5.92 Å². The summed E-state index contributed by atoms with van der Waals surface area (Å²) in [6.45, 7) is 1.85. The van der Waals surface area contributed by atoms with E-state index in [2.05, 4.69) is 5.32 Å². The average Bonchev–Trinajstić information content (AvgIpc) is 2.37. The fourth-order valence-electron chi connectivity index (χ4n) is 1.26. The maximum atomic E-state index is 10.9. The largest absolute Gasteiger partial charge is 0.315 e. The van der Waals surface area contributed by atoms with Crippen molar-refractivity contribution in [3.63, 3.8) is 0 Å². The first-order chi connectivity index (χ1) is 5.33. The van der Waals surface area contributed by atoms with Crippen LogP contribution in [0.4, 0.5) is 0 Å². The predicted octanol–water partition coefficient (Wildman–Crippen LogP) is 0.583. The third kappa shape index (κ3) is 3.54. The molecule has 1 saturated heterocycles. The molecule has 11 heavy (non-hydrogen) atoms. The van der Waals surface area contributed by atoms with Crippen LogP contribution in [0.5, 0.6) is 0 Å². The summed E-state index contributed by atoms with van der Waals surface area (Å²) in [6.07, 6.45) is 1.11. The normalized spacial score (nSPS) is 31.0. The Balaban J connectivity index is 2.04. The molecule has 0 saturated carbocycles. The van der Waals surface area contributed by atoms with Gasteiger partial charge in [0.05, 0.1) is 0 Å². The van der Waals surface area contributed by atoms with Crippen LogP contribution in [-0.2, 0) is 10.8 Å². The Labute approximate surface area is 75.2 Å². The average molecular weight is 196 g/mol. The van der Waals surface area contributed by atoms with Crippen molar-refractivity contribution < 1.29 is 4.21 Å². The molecular formula is C7H14ClNOS. The van der Waals surface area contributed by atoms with Gasteiger partial charge in [-0.15, -0.1) is 11.6 Å². The zero-order valence-electron chi connectivity index (χ0n) is 6.51. The van der Waals surface area contributed by atoms with Crippen molar-refractivity contribution in [1.82, 2.24) is 5.32 Å². The lowest BCUT2D eigenvalue weighted by atomic mass is 10.1. The Morgan fingerprint density at radius 2 is 2.45 bits per heavy atom. The zero-order chi connectivity index (χ0) is 8.10. The van der Waals surface area contributed by atoms with Crippen molar-refractivity contribution in [2.75, 3.05) is 30.5 Å². The van der Waals surface area contributed by atoms with Crippen molar-refractivity contribution in [3.05, 3.63) is 0 Å². The van der Waals surface area contributed by atoms with Gasteiger partial charge in [0.1, 0.15) is 0 Å². The summed E-state index contributed by atoms with van der Waals surface area (Å²) in [6, 6.07) is 0. The van der Waals surface area contributed by atoms with Crippen LogP contribution in [0.15, 0.2) is 0 Å². The minimum Gasteiger partial charge on any atom is -0.315 e. The van der Waals surface area contributed by atoms with Gasteiger partial charge in [-0.05, 0) is 18.9 Å². The van der Waals surface area contributed by atoms with E-state index in [4.69, 9.17) is 11.6 Å². The lowest BCUT2D eigenvalue weighted by molar-refractivity contribution is 0.535. The molecule has 2 atom stereocenters. The molecule has 1 unspecified atom stereocenters. The number of alkyl halides is 1. The van der Waals surface area contributed by atoms with Crippen LogP contribution in [0.2, 0.25) is 0 Å². The van der Waals surface area contributed by atoms with E-state index in [0.717, 1.165) is 31.0 Å². The molecule has 1 fully saturated rings. The van der Waals surface area contributed by atoms with Crippen LogP contribution in [-0.4, -0.2) is 34.7 Å². The maximum absolute atomic E-state index is 10.9. The van der Waals surface area contributed by atoms with Gasteiger partial charge in [-0.25, -0.2) is 0 Å². The summed E-state index contributed by atoms with van der Waals surface area (Å²) >= 11 is 5.49. The number of hydrogen-bond donors (Lipinski definition) is 1. The third-order valence-corrected chi connectivity index (χ3v) is 3.60. The molecule has 0 amide bonds. The van der Waals surface area contributed by atoms with Gasteiger partial charge in [-0.2, -0.15) is 0 Å². The summed E-state index contributed by atoms with van der Waals surface area (Å²) in [5.74, 6) is 3.07. The molecule has 0 aliphatic carbocycles. The van der Waals surface area contributed by atoms with Crippen LogP contribution in [0.25, 0.3) is 0 Å². The minimum atomic E-state index is -0.531. The topological polar surface area (TPSA) is 29.1 Å². The standard InChI is InChI=1S/C7H14ClNOS/c8-2-3-9-5-7-1-4-11(10)6-7/h7,9H,1-6H2/t7-,11?/m1/s1. The molecule has 0 aromatic carbocycles. The second-order valence-corrected chi connectivity index (χ2v) is 4.86. The summed E-state index contributed by atoms with van der Waals surface area (Å²) in [5, 5.41) is 3.23. The van der Waals surface area contributed by atoms with Gasteiger partial charge < -0.3 is 5.32 Å². The Hall–Kier alpha value is 0.400. The van der Waals surface area contributed by atoms with E-state index < -0.39 is 10.8 Å². The van der Waals surface area contributed by atoms with Gasteiger partial charge in [0.25, 0.3) is 0 Å². The lowest BCUT2D eigenvalue weighted by Crippen LogP contribution is -2.24. The van der Waals surface area contributed by atoms with Crippen LogP contribution in [0.3, 0.4) is 0 Å². The molecule has 0 aromatic heterocycles. The van der Waals surface area contributed by atoms with Crippen molar-refractivity contribution in [3.8, 4) is 0 Å². The monoisotopic (exact) mass is 195 g/mol. The first-order valence-electron chi connectivity index (χ1n) is 3.94. The van der Waals surface area contributed by atoms with Gasteiger partial charge in [0.2, 0.25) is 0 Å². The van der Waals surface area contributed by atoms with E-state index in [9.17, 15) is 4.21 Å². The summed E-state index contributed by atoms with van der Waals surface area (Å²) < 4.78 is 10.9. The fraction of sp³-hybridized carbons (Fsp3) is 1.00. The van der Waals surface area contributed by atoms with Gasteiger partial charge >= 0.3 is 0 Å². The second-order valence-electron chi connectivity index (χ2n) is 2.86. The smallest absolute Gasteiger partial charge is 0.0348 e. The highest BCUT2D eigenvalue weighted by atomic mass is 35.5. The minimum absolute atomic E-state index is 0.531. The van der Waals surface area contributed by atoms with Crippen molar-refractivity contribution in [2.24, 2.45) is 5.92 Å². The van der Waals surface area contributed by atoms with Gasteiger partial charge in [-0.1, -0.05) is 0 Å². The van der Waals surface area contributed by atoms with Gasteiger partial charge in [0.15, 0.2) is 0 Å². The van der Waals surface area contributed by atoms with E-state index in [1.165, 1.54) is 0 Å². The van der Waals surface area contributed by atoms with E-state index in [-0.39, 0.29) is 0 Å². The Morgan fingerprint density at radius 1 is 1.64 bits per heavy atom. The highest BCUT2D eigenvalue weighted by Crippen LogP contribution is 2.13. The second kappa shape index (κ2) is 5.12. The van der Waals surface area contributed by atoms with Gasteiger partial charge in [-0.3, -0.25) is 4.21 Å². The van der Waals surface area contributed by atoms with Crippen LogP contribution < -0.4 is 5.32 Å². The molecule has 1 aliphatic heterocycles. The molecule has 2 nitrogen and oxygen atoms in total. The van der Waals surface area contributed by atoms with Crippen molar-refractivity contribution in [2.45, 2.75) is 6.42 Å². The molecule has 1 rings (SSSR count). The number of hydrogen-bond acceptors (Lipinski definition) is 2. The molecule has 4 heteroatoms. The molecule has 1 N–H and O–H groups in total. The SMILES string of the molecule is O=S1CC[C@H](CNCCCl)C1. The Bertz CT molecular complexity index is 142. The van der Waals surface area contributed by atoms with E-state index in [1.807, 2.05) is 0 Å². The van der Waals surface area contributed by atoms with Gasteiger partial charge in [0, 0.05) is 34.7 Å². The molecule has 1 aliphatic rings. The number of nitrogens with one attached hydrogen (secondary N) is 1. The molecule has 1 heterocycles. The first-order valence-corrected chi connectivity index (χ1v) is 5.97. The number of rotatable bonds is 4. The van der Waals surface area contributed by atoms with E-state index >= 15 is 0 Å². The quantitative estimate of drug-likeness (QED) is 0.526. The molecule has 0 spiro atoms. The highest BCUT2D eigenvalue weighted by Gasteiger charge is 2.19. The molecule has 66 valence electrons. The Morgan fingerprint density at radius 3 is 3.00 bits per heavy atom. The van der Waals surface area contributed by atoms with E-state index in [1.54, 1.807) is 0 Å². The lowest BCUT2D eigenvalue weighted by Gasteiger charge is -2.07. The van der Waals surface area contributed by atoms with Crippen LogP contribution in [0.1, 0.15) is 6.42 Å². The molecule has 0 bridgehead atoms. The van der Waals surface area contributed by atoms with Crippen LogP contribution >= 0.6 is 11.6 Å². The molecule has 0 radical (unpaired) electrons. The summed E-state index contributed by atoms with van der Waals surface area (Å²) in [7, 11) is -0.531. The third-order valence-electron chi connectivity index (χ3n) is 1.88. The molecule has 0 aromatic rings. The van der Waals surface area contributed by atoms with Crippen molar-refractivity contribution in [1.29, 1.82) is 0 Å². The maximum Gasteiger partial charge on any atom is 0.0348 e. The summed E-state index contributed by atoms with van der Waals surface area (Å²) in [4.78, 5) is 0. The first kappa shape index (κ1) is 9.49. The zero-order valence-corrected chi connectivity index (χ0v) is 8.09. The number of halogens is 1. The highest BCUT2D eigenvalue weighted by molar-refractivity contribution is 7.85. The van der Waals surface area contributed by atoms with E-state index in [0.29, 0.717) is 11.8 Å². The Kier molecular flexibility index (Phi) is 4.41. The predicted molar refractivity (Wildman–Crippen MR) is 49.6 cm³/mol. The molecular weight excluding hydrogens is 182 g/mol. The summed E-state index contributed by atoms with van der Waals surface area (Å²) in [5.41, 5.74) is 0. The fourth-order valence-corrected chi connectivity index (χ4v) is 2.97.